The van der Waals surface area contributed by atoms with Crippen molar-refractivity contribution in [2.45, 2.75) is 6.54 Å². The molecule has 0 aliphatic carbocycles. The van der Waals surface area contributed by atoms with Gasteiger partial charge in [0.05, 0.1) is 22.9 Å². The summed E-state index contributed by atoms with van der Waals surface area (Å²) in [5.41, 5.74) is 5.96. The number of hydrogen-bond donors (Lipinski definition) is 0. The second kappa shape index (κ2) is 5.88. The van der Waals surface area contributed by atoms with Gasteiger partial charge in [0.2, 0.25) is 0 Å². The summed E-state index contributed by atoms with van der Waals surface area (Å²) in [6.07, 6.45) is 1.71. The van der Waals surface area contributed by atoms with E-state index in [1.807, 2.05) is 36.4 Å². The molecule has 2 aromatic carbocycles. The number of aromatic nitrogens is 1. The Morgan fingerprint density at radius 2 is 1.88 bits per heavy atom. The average Bonchev–Trinajstić information content (AvgIpc) is 2.77. The third-order valence-corrected chi connectivity index (χ3v) is 4.48. The number of pyridine rings is 1. The standard InChI is InChI=1S/C21H15N3O/c1-24-13-17-8-7-16(15-5-2-4-14(10-15)12-22)11-19(17)20-18(21(24)25)6-3-9-23-20/h2-11H,13H2,1H3. The van der Waals surface area contributed by atoms with E-state index < -0.39 is 0 Å². The third-order valence-electron chi connectivity index (χ3n) is 4.48. The van der Waals surface area contributed by atoms with Gasteiger partial charge in [0.25, 0.3) is 5.91 Å². The van der Waals surface area contributed by atoms with Crippen LogP contribution in [0.25, 0.3) is 22.4 Å². The summed E-state index contributed by atoms with van der Waals surface area (Å²) in [5.74, 6) is -0.0210. The van der Waals surface area contributed by atoms with Gasteiger partial charge in [-0.2, -0.15) is 5.26 Å². The predicted molar refractivity (Wildman–Crippen MR) is 95.6 cm³/mol. The zero-order valence-corrected chi connectivity index (χ0v) is 13.7. The third kappa shape index (κ3) is 2.56. The van der Waals surface area contributed by atoms with Crippen molar-refractivity contribution in [3.8, 4) is 28.5 Å². The lowest BCUT2D eigenvalue weighted by Gasteiger charge is -2.15. The largest absolute Gasteiger partial charge is 0.337 e. The summed E-state index contributed by atoms with van der Waals surface area (Å²) in [4.78, 5) is 18.8. The number of benzene rings is 2. The first-order valence-corrected chi connectivity index (χ1v) is 8.01. The number of carbonyl (C=O) groups excluding carboxylic acids is 1. The highest BCUT2D eigenvalue weighted by Gasteiger charge is 2.24. The number of amides is 1. The Balaban J connectivity index is 1.92. The van der Waals surface area contributed by atoms with E-state index in [1.165, 1.54) is 0 Å². The van der Waals surface area contributed by atoms with Crippen molar-refractivity contribution >= 4 is 5.91 Å². The zero-order valence-electron chi connectivity index (χ0n) is 13.7. The van der Waals surface area contributed by atoms with Gasteiger partial charge >= 0.3 is 0 Å². The average molecular weight is 325 g/mol. The maximum atomic E-state index is 12.6. The minimum absolute atomic E-state index is 0.0210. The molecule has 0 unspecified atom stereocenters. The van der Waals surface area contributed by atoms with Gasteiger partial charge < -0.3 is 4.90 Å². The molecule has 1 aliphatic rings. The molecule has 0 saturated carbocycles. The summed E-state index contributed by atoms with van der Waals surface area (Å²) >= 11 is 0. The predicted octanol–water partition coefficient (Wildman–Crippen LogP) is 3.87. The Morgan fingerprint density at radius 1 is 1.04 bits per heavy atom. The van der Waals surface area contributed by atoms with Crippen molar-refractivity contribution in [3.05, 3.63) is 77.5 Å². The molecule has 1 aromatic heterocycles. The van der Waals surface area contributed by atoms with Crippen LogP contribution in [0, 0.1) is 11.3 Å². The van der Waals surface area contributed by atoms with Crippen LogP contribution in [0.2, 0.25) is 0 Å². The monoisotopic (exact) mass is 325 g/mol. The van der Waals surface area contributed by atoms with Gasteiger partial charge in [0, 0.05) is 25.4 Å². The number of nitrogens with zero attached hydrogens (tertiary/aromatic N) is 3. The fourth-order valence-corrected chi connectivity index (χ4v) is 3.21. The van der Waals surface area contributed by atoms with Crippen LogP contribution in [-0.2, 0) is 6.54 Å². The molecule has 0 N–H and O–H groups in total. The highest BCUT2D eigenvalue weighted by Crippen LogP contribution is 2.34. The van der Waals surface area contributed by atoms with Gasteiger partial charge in [-0.3, -0.25) is 9.78 Å². The molecule has 0 spiro atoms. The van der Waals surface area contributed by atoms with Crippen LogP contribution in [0.4, 0.5) is 0 Å². The van der Waals surface area contributed by atoms with E-state index in [1.54, 1.807) is 30.3 Å². The molecule has 0 bridgehead atoms. The van der Waals surface area contributed by atoms with E-state index in [9.17, 15) is 4.79 Å². The van der Waals surface area contributed by atoms with Crippen molar-refractivity contribution in [3.63, 3.8) is 0 Å². The van der Waals surface area contributed by atoms with Crippen LogP contribution in [0.3, 0.4) is 0 Å². The van der Waals surface area contributed by atoms with E-state index in [0.29, 0.717) is 23.4 Å². The molecule has 1 aliphatic heterocycles. The molecule has 4 rings (SSSR count). The SMILES string of the molecule is CN1Cc2ccc(-c3cccc(C#N)c3)cc2-c2ncccc2C1=O. The Morgan fingerprint density at radius 3 is 2.72 bits per heavy atom. The Labute approximate surface area is 146 Å². The molecular formula is C21H15N3O. The minimum Gasteiger partial charge on any atom is -0.337 e. The molecule has 4 heteroatoms. The Bertz CT molecular complexity index is 1030. The van der Waals surface area contributed by atoms with Crippen LogP contribution in [-0.4, -0.2) is 22.8 Å². The maximum Gasteiger partial charge on any atom is 0.256 e. The van der Waals surface area contributed by atoms with Crippen LogP contribution in [0.5, 0.6) is 0 Å². The first-order chi connectivity index (χ1) is 12.2. The molecule has 1 amide bonds. The fraction of sp³-hybridized carbons (Fsp3) is 0.0952. The number of hydrogen-bond acceptors (Lipinski definition) is 3. The van der Waals surface area contributed by atoms with Gasteiger partial charge in [-0.05, 0) is 47.0 Å². The molecule has 0 saturated heterocycles. The normalized spacial score (nSPS) is 12.8. The molecule has 2 heterocycles. The highest BCUT2D eigenvalue weighted by atomic mass is 16.2. The topological polar surface area (TPSA) is 57.0 Å². The summed E-state index contributed by atoms with van der Waals surface area (Å²) in [6, 6.07) is 19.4. The first-order valence-electron chi connectivity index (χ1n) is 8.01. The van der Waals surface area contributed by atoms with Gasteiger partial charge in [-0.25, -0.2) is 0 Å². The molecule has 0 fully saturated rings. The number of nitriles is 1. The van der Waals surface area contributed by atoms with Crippen molar-refractivity contribution in [1.82, 2.24) is 9.88 Å². The second-order valence-electron chi connectivity index (χ2n) is 6.13. The molecule has 120 valence electrons. The molecule has 3 aromatic rings. The van der Waals surface area contributed by atoms with Crippen LogP contribution in [0.15, 0.2) is 60.8 Å². The molecule has 4 nitrogen and oxygen atoms in total. The van der Waals surface area contributed by atoms with Crippen molar-refractivity contribution in [2.24, 2.45) is 0 Å². The van der Waals surface area contributed by atoms with Gasteiger partial charge in [0.1, 0.15) is 0 Å². The second-order valence-corrected chi connectivity index (χ2v) is 6.13. The fourth-order valence-electron chi connectivity index (χ4n) is 3.21. The van der Waals surface area contributed by atoms with Crippen molar-refractivity contribution in [1.29, 1.82) is 5.26 Å². The summed E-state index contributed by atoms with van der Waals surface area (Å²) < 4.78 is 0. The minimum atomic E-state index is -0.0210. The Hall–Kier alpha value is -3.45. The van der Waals surface area contributed by atoms with E-state index in [0.717, 1.165) is 22.3 Å². The molecular weight excluding hydrogens is 310 g/mol. The van der Waals surface area contributed by atoms with Crippen LogP contribution >= 0.6 is 0 Å². The summed E-state index contributed by atoms with van der Waals surface area (Å²) in [5, 5.41) is 9.12. The zero-order chi connectivity index (χ0) is 17.4. The van der Waals surface area contributed by atoms with Gasteiger partial charge in [0.15, 0.2) is 0 Å². The molecule has 0 radical (unpaired) electrons. The van der Waals surface area contributed by atoms with Gasteiger partial charge in [-0.1, -0.05) is 24.3 Å². The Kier molecular flexibility index (Phi) is 3.55. The quantitative estimate of drug-likeness (QED) is 0.682. The lowest BCUT2D eigenvalue weighted by Crippen LogP contribution is -2.24. The maximum absolute atomic E-state index is 12.6. The summed E-state index contributed by atoms with van der Waals surface area (Å²) in [6.45, 7) is 0.545. The van der Waals surface area contributed by atoms with Crippen molar-refractivity contribution in [2.75, 3.05) is 7.05 Å². The van der Waals surface area contributed by atoms with E-state index in [-0.39, 0.29) is 5.91 Å². The number of rotatable bonds is 1. The first kappa shape index (κ1) is 15.1. The smallest absolute Gasteiger partial charge is 0.256 e. The van der Waals surface area contributed by atoms with Crippen LogP contribution in [0.1, 0.15) is 21.5 Å². The lowest BCUT2D eigenvalue weighted by atomic mass is 9.95. The van der Waals surface area contributed by atoms with E-state index in [2.05, 4.69) is 17.1 Å². The number of fused-ring (bicyclic) bond motifs is 3. The van der Waals surface area contributed by atoms with Crippen LogP contribution < -0.4 is 0 Å². The molecule has 0 atom stereocenters. The van der Waals surface area contributed by atoms with Crippen molar-refractivity contribution < 1.29 is 4.79 Å². The van der Waals surface area contributed by atoms with Gasteiger partial charge in [-0.15, -0.1) is 0 Å². The molecule has 25 heavy (non-hydrogen) atoms. The van der Waals surface area contributed by atoms with E-state index >= 15 is 0 Å². The number of carbonyl (C=O) groups is 1. The van der Waals surface area contributed by atoms with E-state index in [4.69, 9.17) is 5.26 Å². The summed E-state index contributed by atoms with van der Waals surface area (Å²) in [7, 11) is 1.80. The lowest BCUT2D eigenvalue weighted by molar-refractivity contribution is 0.0788. The highest BCUT2D eigenvalue weighted by molar-refractivity contribution is 6.01.